The highest BCUT2D eigenvalue weighted by molar-refractivity contribution is 5.87. The third-order valence-corrected chi connectivity index (χ3v) is 3.05. The lowest BCUT2D eigenvalue weighted by molar-refractivity contribution is 0.921. The molecular formula is C11H15ClN4. The first-order valence-corrected chi connectivity index (χ1v) is 5.37. The summed E-state index contributed by atoms with van der Waals surface area (Å²) in [6.07, 6.45) is 6.26. The van der Waals surface area contributed by atoms with Crippen LogP contribution in [0.5, 0.6) is 0 Å². The van der Waals surface area contributed by atoms with Crippen molar-refractivity contribution >= 4 is 29.3 Å². The summed E-state index contributed by atoms with van der Waals surface area (Å²) in [5, 5.41) is 1.17. The molecule has 4 nitrogen and oxygen atoms in total. The van der Waals surface area contributed by atoms with Gasteiger partial charge < -0.3 is 9.47 Å². The molecule has 1 fully saturated rings. The number of anilines is 1. The molecule has 0 bridgehead atoms. The first-order valence-electron chi connectivity index (χ1n) is 5.37. The van der Waals surface area contributed by atoms with Crippen molar-refractivity contribution in [1.82, 2.24) is 14.5 Å². The molecule has 1 saturated heterocycles. The van der Waals surface area contributed by atoms with Crippen LogP contribution in [0.4, 0.5) is 5.82 Å². The quantitative estimate of drug-likeness (QED) is 0.762. The Bertz CT molecular complexity index is 488. The van der Waals surface area contributed by atoms with E-state index < -0.39 is 0 Å². The lowest BCUT2D eigenvalue weighted by Gasteiger charge is -2.16. The van der Waals surface area contributed by atoms with Gasteiger partial charge in [0.15, 0.2) is 0 Å². The van der Waals surface area contributed by atoms with E-state index in [1.165, 1.54) is 18.2 Å². The average molecular weight is 239 g/mol. The second kappa shape index (κ2) is 4.29. The van der Waals surface area contributed by atoms with Gasteiger partial charge in [0.2, 0.25) is 0 Å². The van der Waals surface area contributed by atoms with E-state index in [4.69, 9.17) is 0 Å². The van der Waals surface area contributed by atoms with Gasteiger partial charge in [0, 0.05) is 26.3 Å². The Morgan fingerprint density at radius 1 is 1.19 bits per heavy atom. The lowest BCUT2D eigenvalue weighted by Crippen LogP contribution is -2.19. The molecule has 2 aromatic heterocycles. The average Bonchev–Trinajstić information content (AvgIpc) is 2.88. The van der Waals surface area contributed by atoms with Crippen LogP contribution in [0.1, 0.15) is 12.8 Å². The van der Waals surface area contributed by atoms with Crippen molar-refractivity contribution < 1.29 is 0 Å². The van der Waals surface area contributed by atoms with Crippen molar-refractivity contribution in [3.8, 4) is 0 Å². The Morgan fingerprint density at radius 3 is 2.69 bits per heavy atom. The molecule has 0 aliphatic carbocycles. The largest absolute Gasteiger partial charge is 0.356 e. The van der Waals surface area contributed by atoms with E-state index in [2.05, 4.69) is 20.9 Å². The van der Waals surface area contributed by atoms with E-state index in [9.17, 15) is 0 Å². The Labute approximate surface area is 101 Å². The highest BCUT2D eigenvalue weighted by atomic mass is 35.5. The third kappa shape index (κ3) is 1.63. The van der Waals surface area contributed by atoms with Crippen LogP contribution in [0.25, 0.3) is 11.0 Å². The number of aromatic nitrogens is 3. The molecule has 3 rings (SSSR count). The van der Waals surface area contributed by atoms with Crippen LogP contribution in [0.3, 0.4) is 0 Å². The van der Waals surface area contributed by atoms with Crippen LogP contribution in [0, 0.1) is 0 Å². The fraction of sp³-hybridized carbons (Fsp3) is 0.455. The standard InChI is InChI=1S/C11H14N4.ClH/c1-14-7-4-9-10(14)12-8-13-11(9)15-5-2-3-6-15;/h4,7-8H,2-3,5-6H2,1H3;1H. The van der Waals surface area contributed by atoms with Crippen LogP contribution in [-0.4, -0.2) is 27.6 Å². The minimum absolute atomic E-state index is 0. The Balaban J connectivity index is 0.000000963. The summed E-state index contributed by atoms with van der Waals surface area (Å²) in [7, 11) is 2.02. The smallest absolute Gasteiger partial charge is 0.145 e. The predicted molar refractivity (Wildman–Crippen MR) is 67.2 cm³/mol. The van der Waals surface area contributed by atoms with Gasteiger partial charge in [-0.25, -0.2) is 9.97 Å². The molecule has 0 aromatic carbocycles. The number of fused-ring (bicyclic) bond motifs is 1. The van der Waals surface area contributed by atoms with Crippen LogP contribution in [0.2, 0.25) is 0 Å². The van der Waals surface area contributed by atoms with Crippen molar-refractivity contribution in [2.45, 2.75) is 12.8 Å². The van der Waals surface area contributed by atoms with E-state index >= 15 is 0 Å². The monoisotopic (exact) mass is 238 g/mol. The van der Waals surface area contributed by atoms with Gasteiger partial charge in [0.25, 0.3) is 0 Å². The van der Waals surface area contributed by atoms with E-state index in [1.807, 2.05) is 17.8 Å². The van der Waals surface area contributed by atoms with Gasteiger partial charge >= 0.3 is 0 Å². The summed E-state index contributed by atoms with van der Waals surface area (Å²) >= 11 is 0. The second-order valence-corrected chi connectivity index (χ2v) is 4.06. The second-order valence-electron chi connectivity index (χ2n) is 4.06. The fourth-order valence-corrected chi connectivity index (χ4v) is 2.25. The fourth-order valence-electron chi connectivity index (χ4n) is 2.25. The zero-order valence-electron chi connectivity index (χ0n) is 9.26. The maximum Gasteiger partial charge on any atom is 0.145 e. The summed E-state index contributed by atoms with van der Waals surface area (Å²) in [4.78, 5) is 11.1. The number of hydrogen-bond donors (Lipinski definition) is 0. The minimum Gasteiger partial charge on any atom is -0.356 e. The minimum atomic E-state index is 0. The summed E-state index contributed by atoms with van der Waals surface area (Å²) in [5.41, 5.74) is 1.02. The summed E-state index contributed by atoms with van der Waals surface area (Å²) < 4.78 is 2.04. The lowest BCUT2D eigenvalue weighted by atomic mass is 10.3. The highest BCUT2D eigenvalue weighted by Gasteiger charge is 2.17. The van der Waals surface area contributed by atoms with Crippen LogP contribution in [-0.2, 0) is 7.05 Å². The topological polar surface area (TPSA) is 34.0 Å². The van der Waals surface area contributed by atoms with Gasteiger partial charge in [-0.05, 0) is 18.9 Å². The zero-order valence-corrected chi connectivity index (χ0v) is 10.1. The maximum absolute atomic E-state index is 4.40. The van der Waals surface area contributed by atoms with Gasteiger partial charge in [-0.15, -0.1) is 12.4 Å². The Hall–Kier alpha value is -1.29. The normalized spacial score (nSPS) is 15.4. The predicted octanol–water partition coefficient (Wildman–Crippen LogP) is 1.99. The van der Waals surface area contributed by atoms with Crippen LogP contribution < -0.4 is 4.90 Å². The molecule has 0 amide bonds. The van der Waals surface area contributed by atoms with Gasteiger partial charge in [0.05, 0.1) is 5.39 Å². The van der Waals surface area contributed by atoms with Gasteiger partial charge in [-0.1, -0.05) is 0 Å². The third-order valence-electron chi connectivity index (χ3n) is 3.05. The molecule has 1 aliphatic rings. The van der Waals surface area contributed by atoms with E-state index in [0.717, 1.165) is 24.6 Å². The number of aryl methyl sites for hydroxylation is 1. The van der Waals surface area contributed by atoms with E-state index in [1.54, 1.807) is 6.33 Å². The SMILES string of the molecule is Cl.Cn1ccc2c(N3CCCC3)ncnc21. The van der Waals surface area contributed by atoms with Gasteiger partial charge in [-0.3, -0.25) is 0 Å². The first kappa shape index (κ1) is 11.2. The van der Waals surface area contributed by atoms with Crippen molar-refractivity contribution in [2.24, 2.45) is 7.05 Å². The van der Waals surface area contributed by atoms with Crippen molar-refractivity contribution in [3.05, 3.63) is 18.6 Å². The molecule has 0 saturated carbocycles. The molecule has 86 valence electrons. The van der Waals surface area contributed by atoms with Gasteiger partial charge in [-0.2, -0.15) is 0 Å². The highest BCUT2D eigenvalue weighted by Crippen LogP contribution is 2.25. The summed E-state index contributed by atoms with van der Waals surface area (Å²) in [6, 6.07) is 2.10. The number of rotatable bonds is 1. The Kier molecular flexibility index (Phi) is 3.01. The number of hydrogen-bond acceptors (Lipinski definition) is 3. The van der Waals surface area contributed by atoms with Crippen molar-refractivity contribution in [1.29, 1.82) is 0 Å². The van der Waals surface area contributed by atoms with Crippen molar-refractivity contribution in [2.75, 3.05) is 18.0 Å². The van der Waals surface area contributed by atoms with Crippen LogP contribution >= 0.6 is 12.4 Å². The van der Waals surface area contributed by atoms with Gasteiger partial charge in [0.1, 0.15) is 17.8 Å². The summed E-state index contributed by atoms with van der Waals surface area (Å²) in [6.45, 7) is 2.25. The Morgan fingerprint density at radius 2 is 1.94 bits per heavy atom. The molecule has 1 aliphatic heterocycles. The zero-order chi connectivity index (χ0) is 10.3. The molecule has 0 unspecified atom stereocenters. The first-order chi connectivity index (χ1) is 7.36. The summed E-state index contributed by atoms with van der Waals surface area (Å²) in [5.74, 6) is 1.10. The molecule has 0 radical (unpaired) electrons. The molecule has 0 spiro atoms. The van der Waals surface area contributed by atoms with Crippen molar-refractivity contribution in [3.63, 3.8) is 0 Å². The molecule has 0 atom stereocenters. The molecule has 2 aromatic rings. The molecule has 3 heterocycles. The van der Waals surface area contributed by atoms with E-state index in [0.29, 0.717) is 0 Å². The number of nitrogens with zero attached hydrogens (tertiary/aromatic N) is 4. The molecular weight excluding hydrogens is 224 g/mol. The van der Waals surface area contributed by atoms with E-state index in [-0.39, 0.29) is 12.4 Å². The maximum atomic E-state index is 4.40. The van der Waals surface area contributed by atoms with Crippen LogP contribution in [0.15, 0.2) is 18.6 Å². The molecule has 5 heteroatoms. The molecule has 0 N–H and O–H groups in total. The molecule has 16 heavy (non-hydrogen) atoms. The number of halogens is 1.